The third kappa shape index (κ3) is 4.49. The number of rotatable bonds is 7. The van der Waals surface area contributed by atoms with Gasteiger partial charge in [0.1, 0.15) is 11.5 Å². The van der Waals surface area contributed by atoms with Gasteiger partial charge in [0.15, 0.2) is 0 Å². The Morgan fingerprint density at radius 1 is 1.12 bits per heavy atom. The predicted octanol–water partition coefficient (Wildman–Crippen LogP) is 2.75. The van der Waals surface area contributed by atoms with E-state index in [1.54, 1.807) is 26.2 Å². The van der Waals surface area contributed by atoms with E-state index in [0.29, 0.717) is 12.3 Å². The molecule has 24 heavy (non-hydrogen) atoms. The lowest BCUT2D eigenvalue weighted by Gasteiger charge is -2.21. The molecule has 0 bridgehead atoms. The second-order valence-electron chi connectivity index (χ2n) is 5.65. The first kappa shape index (κ1) is 17.8. The highest BCUT2D eigenvalue weighted by atomic mass is 16.5. The monoisotopic (exact) mass is 328 g/mol. The number of amides is 1. The zero-order valence-electron chi connectivity index (χ0n) is 14.4. The minimum absolute atomic E-state index is 0.00998. The van der Waals surface area contributed by atoms with Gasteiger partial charge in [-0.2, -0.15) is 0 Å². The molecule has 1 amide bonds. The molecule has 0 heterocycles. The fraction of sp³-hybridized carbons (Fsp3) is 0.316. The first-order valence-electron chi connectivity index (χ1n) is 7.80. The summed E-state index contributed by atoms with van der Waals surface area (Å²) in [7, 11) is 4.98. The van der Waals surface area contributed by atoms with E-state index in [2.05, 4.69) is 0 Å². The normalized spacial score (nSPS) is 11.7. The van der Waals surface area contributed by atoms with Crippen LogP contribution in [0.15, 0.2) is 48.5 Å². The van der Waals surface area contributed by atoms with Gasteiger partial charge in [0.05, 0.1) is 14.2 Å². The lowest BCUT2D eigenvalue weighted by molar-refractivity contribution is -0.130. The number of benzene rings is 2. The molecular formula is C19H24N2O3. The number of hydrogen-bond donors (Lipinski definition) is 1. The van der Waals surface area contributed by atoms with Crippen LogP contribution in [0.5, 0.6) is 11.5 Å². The molecule has 128 valence electrons. The number of hydrogen-bond acceptors (Lipinski definition) is 4. The molecule has 0 aliphatic carbocycles. The lowest BCUT2D eigenvalue weighted by atomic mass is 10.0. The topological polar surface area (TPSA) is 64.8 Å². The van der Waals surface area contributed by atoms with Gasteiger partial charge >= 0.3 is 0 Å². The first-order chi connectivity index (χ1) is 11.5. The van der Waals surface area contributed by atoms with Crippen molar-refractivity contribution in [2.24, 2.45) is 5.73 Å². The van der Waals surface area contributed by atoms with Crippen LogP contribution in [0.2, 0.25) is 0 Å². The highest BCUT2D eigenvalue weighted by Crippen LogP contribution is 2.26. The number of nitrogens with zero attached hydrogens (tertiary/aromatic N) is 1. The molecule has 0 aliphatic heterocycles. The molecule has 0 spiro atoms. The summed E-state index contributed by atoms with van der Waals surface area (Å²) in [5.41, 5.74) is 8.01. The van der Waals surface area contributed by atoms with Gasteiger partial charge in [0.25, 0.3) is 0 Å². The van der Waals surface area contributed by atoms with E-state index >= 15 is 0 Å². The minimum Gasteiger partial charge on any atom is -0.497 e. The summed E-state index contributed by atoms with van der Waals surface area (Å²) < 4.78 is 10.6. The molecule has 5 nitrogen and oxygen atoms in total. The number of carbonyl (C=O) groups is 1. The molecule has 1 atom stereocenters. The summed E-state index contributed by atoms with van der Waals surface area (Å²) in [6.45, 7) is 0.452. The van der Waals surface area contributed by atoms with Gasteiger partial charge < -0.3 is 20.1 Å². The summed E-state index contributed by atoms with van der Waals surface area (Å²) in [4.78, 5) is 14.1. The second-order valence-corrected chi connectivity index (χ2v) is 5.65. The maximum absolute atomic E-state index is 12.4. The van der Waals surface area contributed by atoms with Crippen LogP contribution >= 0.6 is 0 Å². The summed E-state index contributed by atoms with van der Waals surface area (Å²) in [6, 6.07) is 14.9. The van der Waals surface area contributed by atoms with E-state index < -0.39 is 0 Å². The van der Waals surface area contributed by atoms with Crippen molar-refractivity contribution in [3.8, 4) is 11.5 Å². The van der Waals surface area contributed by atoms with Gasteiger partial charge in [-0.15, -0.1) is 0 Å². The van der Waals surface area contributed by atoms with Crippen molar-refractivity contribution < 1.29 is 14.3 Å². The molecule has 0 aliphatic rings. The van der Waals surface area contributed by atoms with Crippen molar-refractivity contribution in [1.29, 1.82) is 0 Å². The zero-order valence-corrected chi connectivity index (χ0v) is 14.4. The largest absolute Gasteiger partial charge is 0.497 e. The van der Waals surface area contributed by atoms with Crippen LogP contribution in [0, 0.1) is 0 Å². The second kappa shape index (κ2) is 8.36. The van der Waals surface area contributed by atoms with E-state index in [1.807, 2.05) is 48.5 Å². The van der Waals surface area contributed by atoms with E-state index in [4.69, 9.17) is 15.2 Å². The molecule has 2 aromatic carbocycles. The Balaban J connectivity index is 2.01. The van der Waals surface area contributed by atoms with Gasteiger partial charge in [-0.1, -0.05) is 30.3 Å². The van der Waals surface area contributed by atoms with Crippen molar-refractivity contribution in [1.82, 2.24) is 4.90 Å². The Hall–Kier alpha value is -2.53. The number of nitrogens with two attached hydrogens (primary N) is 1. The van der Waals surface area contributed by atoms with Crippen LogP contribution in [0.1, 0.15) is 23.6 Å². The molecule has 2 rings (SSSR count). The summed E-state index contributed by atoms with van der Waals surface area (Å²) in [6.07, 6.45) is 0.263. The van der Waals surface area contributed by atoms with E-state index in [1.165, 1.54) is 0 Å². The number of carbonyl (C=O) groups excluding carboxylic acids is 1. The van der Waals surface area contributed by atoms with Crippen molar-refractivity contribution in [2.75, 3.05) is 21.3 Å². The average Bonchev–Trinajstić information content (AvgIpc) is 2.62. The van der Waals surface area contributed by atoms with Crippen molar-refractivity contribution in [3.63, 3.8) is 0 Å². The molecule has 1 unspecified atom stereocenters. The molecule has 0 radical (unpaired) electrons. The van der Waals surface area contributed by atoms with Gasteiger partial charge in [0, 0.05) is 37.7 Å². The van der Waals surface area contributed by atoms with Gasteiger partial charge in [-0.3, -0.25) is 4.79 Å². The quantitative estimate of drug-likeness (QED) is 0.849. The number of methoxy groups -OCH3 is 2. The standard InChI is InChI=1S/C19H24N2O3/c1-21(13-15-9-10-16(23-2)11-18(15)24-3)19(22)12-17(20)14-7-5-4-6-8-14/h4-11,17H,12-13,20H2,1-3H3. The highest BCUT2D eigenvalue weighted by Gasteiger charge is 2.17. The molecule has 2 N–H and O–H groups in total. The van der Waals surface area contributed by atoms with Gasteiger partial charge in [-0.05, 0) is 17.7 Å². The minimum atomic E-state index is -0.307. The average molecular weight is 328 g/mol. The maximum atomic E-state index is 12.4. The molecular weight excluding hydrogens is 304 g/mol. The van der Waals surface area contributed by atoms with Crippen LogP contribution in [0.4, 0.5) is 0 Å². The van der Waals surface area contributed by atoms with E-state index in [9.17, 15) is 4.79 Å². The van der Waals surface area contributed by atoms with Crippen molar-refractivity contribution in [2.45, 2.75) is 19.0 Å². The Bertz CT molecular complexity index is 674. The summed E-state index contributed by atoms with van der Waals surface area (Å²) in [5, 5.41) is 0. The van der Waals surface area contributed by atoms with E-state index in [-0.39, 0.29) is 18.4 Å². The molecule has 0 saturated carbocycles. The zero-order chi connectivity index (χ0) is 17.5. The molecule has 0 saturated heterocycles. The predicted molar refractivity (Wildman–Crippen MR) is 94.0 cm³/mol. The third-order valence-electron chi connectivity index (χ3n) is 3.95. The molecule has 2 aromatic rings. The molecule has 0 fully saturated rings. The van der Waals surface area contributed by atoms with Crippen molar-refractivity contribution in [3.05, 3.63) is 59.7 Å². The van der Waals surface area contributed by atoms with Crippen LogP contribution in [0.3, 0.4) is 0 Å². The fourth-order valence-electron chi connectivity index (χ4n) is 2.49. The van der Waals surface area contributed by atoms with E-state index in [0.717, 1.165) is 16.9 Å². The van der Waals surface area contributed by atoms with Crippen LogP contribution in [0.25, 0.3) is 0 Å². The van der Waals surface area contributed by atoms with Crippen LogP contribution < -0.4 is 15.2 Å². The highest BCUT2D eigenvalue weighted by molar-refractivity contribution is 5.76. The first-order valence-corrected chi connectivity index (χ1v) is 7.80. The maximum Gasteiger partial charge on any atom is 0.224 e. The van der Waals surface area contributed by atoms with Crippen LogP contribution in [-0.4, -0.2) is 32.1 Å². The fourth-order valence-corrected chi connectivity index (χ4v) is 2.49. The third-order valence-corrected chi connectivity index (χ3v) is 3.95. The Kier molecular flexibility index (Phi) is 6.21. The molecule has 5 heteroatoms. The van der Waals surface area contributed by atoms with Crippen molar-refractivity contribution >= 4 is 5.91 Å². The smallest absolute Gasteiger partial charge is 0.224 e. The molecule has 0 aromatic heterocycles. The lowest BCUT2D eigenvalue weighted by Crippen LogP contribution is -2.29. The summed E-state index contributed by atoms with van der Waals surface area (Å²) >= 11 is 0. The Morgan fingerprint density at radius 3 is 2.46 bits per heavy atom. The summed E-state index contributed by atoms with van der Waals surface area (Å²) in [5.74, 6) is 1.40. The van der Waals surface area contributed by atoms with Crippen LogP contribution in [-0.2, 0) is 11.3 Å². The number of ether oxygens (including phenoxy) is 2. The van der Waals surface area contributed by atoms with Gasteiger partial charge in [-0.25, -0.2) is 0 Å². The SMILES string of the molecule is COc1ccc(CN(C)C(=O)CC(N)c2ccccc2)c(OC)c1. The Labute approximate surface area is 143 Å². The van der Waals surface area contributed by atoms with Gasteiger partial charge in [0.2, 0.25) is 5.91 Å². The Morgan fingerprint density at radius 2 is 1.83 bits per heavy atom.